The van der Waals surface area contributed by atoms with Crippen molar-refractivity contribution in [3.8, 4) is 0 Å². The second kappa shape index (κ2) is 13.2. The first-order valence-electron chi connectivity index (χ1n) is 14.6. The highest BCUT2D eigenvalue weighted by atomic mass is 16.3. The maximum absolute atomic E-state index is 13.3. The Balaban J connectivity index is 0.000000351. The van der Waals surface area contributed by atoms with E-state index in [0.29, 0.717) is 37.3 Å². The van der Waals surface area contributed by atoms with Crippen LogP contribution in [0.3, 0.4) is 0 Å². The molecule has 4 heterocycles. The van der Waals surface area contributed by atoms with Crippen molar-refractivity contribution in [1.82, 2.24) is 18.9 Å². The SMILES string of the molecule is Cn1ccc(Cc2ccc3c(c2)C(=O)N(CC(O)CN2CCc4ccccc4C2)CC3)cc1=O.Cn1ccc(N)cc1=O. The van der Waals surface area contributed by atoms with Gasteiger partial charge in [0.15, 0.2) is 0 Å². The Morgan fingerprint density at radius 3 is 2.16 bits per heavy atom. The molecule has 6 rings (SSSR count). The number of aryl methyl sites for hydroxylation is 2. The van der Waals surface area contributed by atoms with Crippen molar-refractivity contribution in [2.75, 3.05) is 31.9 Å². The van der Waals surface area contributed by atoms with Crippen LogP contribution in [0.15, 0.2) is 88.7 Å². The Kier molecular flexibility index (Phi) is 9.23. The van der Waals surface area contributed by atoms with Crippen LogP contribution in [-0.2, 0) is 39.9 Å². The molecule has 2 aromatic carbocycles. The number of hydrogen-bond acceptors (Lipinski definition) is 6. The van der Waals surface area contributed by atoms with Crippen LogP contribution in [0.2, 0.25) is 0 Å². The van der Waals surface area contributed by atoms with E-state index in [1.165, 1.54) is 21.8 Å². The Bertz CT molecular complexity index is 1730. The number of aliphatic hydroxyl groups is 1. The van der Waals surface area contributed by atoms with E-state index in [1.54, 1.807) is 48.1 Å². The maximum Gasteiger partial charge on any atom is 0.254 e. The highest BCUT2D eigenvalue weighted by Gasteiger charge is 2.27. The molecule has 43 heavy (non-hydrogen) atoms. The Labute approximate surface area is 251 Å². The summed E-state index contributed by atoms with van der Waals surface area (Å²) in [5.41, 5.74) is 12.1. The molecule has 2 aliphatic rings. The van der Waals surface area contributed by atoms with Crippen LogP contribution in [0.25, 0.3) is 0 Å². The van der Waals surface area contributed by atoms with Gasteiger partial charge >= 0.3 is 0 Å². The summed E-state index contributed by atoms with van der Waals surface area (Å²) in [6, 6.07) is 21.2. The molecule has 3 N–H and O–H groups in total. The molecule has 0 radical (unpaired) electrons. The van der Waals surface area contributed by atoms with Crippen LogP contribution in [0.1, 0.15) is 38.2 Å². The molecule has 0 aliphatic carbocycles. The van der Waals surface area contributed by atoms with Gasteiger partial charge in [0.1, 0.15) is 0 Å². The van der Waals surface area contributed by atoms with Gasteiger partial charge in [-0.15, -0.1) is 0 Å². The topological polar surface area (TPSA) is 114 Å². The second-order valence-corrected chi connectivity index (χ2v) is 11.5. The third kappa shape index (κ3) is 7.49. The first-order valence-corrected chi connectivity index (χ1v) is 14.6. The van der Waals surface area contributed by atoms with Gasteiger partial charge in [-0.2, -0.15) is 0 Å². The molecule has 0 bridgehead atoms. The van der Waals surface area contributed by atoms with Gasteiger partial charge in [0.2, 0.25) is 0 Å². The molecule has 224 valence electrons. The maximum atomic E-state index is 13.3. The van der Waals surface area contributed by atoms with Crippen molar-refractivity contribution in [3.63, 3.8) is 0 Å². The number of nitrogen functional groups attached to an aromatic ring is 1. The summed E-state index contributed by atoms with van der Waals surface area (Å²) in [5, 5.41) is 10.8. The third-order valence-corrected chi connectivity index (χ3v) is 8.16. The number of hydrogen-bond donors (Lipinski definition) is 2. The Hall–Kier alpha value is -4.47. The van der Waals surface area contributed by atoms with Crippen molar-refractivity contribution in [2.24, 2.45) is 14.1 Å². The minimum absolute atomic E-state index is 0.0184. The number of nitrogens with two attached hydrogens (primary N) is 1. The number of anilines is 1. The molecule has 0 saturated carbocycles. The van der Waals surface area contributed by atoms with Crippen molar-refractivity contribution >= 4 is 11.6 Å². The number of carbonyl (C=O) groups excluding carboxylic acids is 1. The lowest BCUT2D eigenvalue weighted by Gasteiger charge is -2.34. The summed E-state index contributed by atoms with van der Waals surface area (Å²) in [6.45, 7) is 3.30. The van der Waals surface area contributed by atoms with Gasteiger partial charge < -0.3 is 24.9 Å². The van der Waals surface area contributed by atoms with Gasteiger partial charge in [-0.3, -0.25) is 19.3 Å². The zero-order valence-electron chi connectivity index (χ0n) is 24.8. The zero-order valence-corrected chi connectivity index (χ0v) is 24.8. The predicted molar refractivity (Wildman–Crippen MR) is 168 cm³/mol. The average Bonchev–Trinajstić information content (AvgIpc) is 2.99. The van der Waals surface area contributed by atoms with Gasteiger partial charge in [0, 0.05) is 82.6 Å². The number of benzene rings is 2. The Morgan fingerprint density at radius 1 is 0.767 bits per heavy atom. The molecule has 2 aliphatic heterocycles. The molecular weight excluding hydrogens is 542 g/mol. The Morgan fingerprint density at radius 2 is 1.44 bits per heavy atom. The van der Waals surface area contributed by atoms with E-state index >= 15 is 0 Å². The highest BCUT2D eigenvalue weighted by molar-refractivity contribution is 5.97. The van der Waals surface area contributed by atoms with E-state index in [2.05, 4.69) is 29.2 Å². The van der Waals surface area contributed by atoms with E-state index in [1.807, 2.05) is 24.3 Å². The molecule has 9 heteroatoms. The average molecular weight is 582 g/mol. The molecule has 9 nitrogen and oxygen atoms in total. The minimum Gasteiger partial charge on any atom is -0.399 e. The van der Waals surface area contributed by atoms with Gasteiger partial charge in [-0.25, -0.2) is 0 Å². The monoisotopic (exact) mass is 581 g/mol. The number of nitrogens with zero attached hydrogens (tertiary/aromatic N) is 4. The van der Waals surface area contributed by atoms with E-state index in [4.69, 9.17) is 5.73 Å². The van der Waals surface area contributed by atoms with Gasteiger partial charge in [-0.05, 0) is 65.3 Å². The second-order valence-electron chi connectivity index (χ2n) is 11.5. The summed E-state index contributed by atoms with van der Waals surface area (Å²) in [4.78, 5) is 40.0. The van der Waals surface area contributed by atoms with Crippen molar-refractivity contribution < 1.29 is 9.90 Å². The number of amides is 1. The molecule has 0 spiro atoms. The zero-order chi connectivity index (χ0) is 30.5. The van der Waals surface area contributed by atoms with Crippen molar-refractivity contribution in [2.45, 2.75) is 31.9 Å². The number of β-amino-alcohol motifs (C(OH)–C–C–N with tert-alkyl or cyclic N) is 1. The summed E-state index contributed by atoms with van der Waals surface area (Å²) >= 11 is 0. The van der Waals surface area contributed by atoms with Gasteiger partial charge in [0.05, 0.1) is 6.10 Å². The molecule has 0 fully saturated rings. The third-order valence-electron chi connectivity index (χ3n) is 8.16. The lowest BCUT2D eigenvalue weighted by atomic mass is 9.94. The quantitative estimate of drug-likeness (QED) is 0.362. The number of fused-ring (bicyclic) bond motifs is 2. The highest BCUT2D eigenvalue weighted by Crippen LogP contribution is 2.23. The first kappa shape index (κ1) is 30.0. The fourth-order valence-electron chi connectivity index (χ4n) is 5.67. The number of aliphatic hydroxyl groups excluding tert-OH is 1. The summed E-state index contributed by atoms with van der Waals surface area (Å²) in [5.74, 6) is -0.0184. The van der Waals surface area contributed by atoms with Gasteiger partial charge in [-0.1, -0.05) is 36.4 Å². The van der Waals surface area contributed by atoms with Crippen LogP contribution in [0.4, 0.5) is 5.69 Å². The lowest BCUT2D eigenvalue weighted by Crippen LogP contribution is -2.46. The summed E-state index contributed by atoms with van der Waals surface area (Å²) in [7, 11) is 3.42. The number of rotatable bonds is 6. The van der Waals surface area contributed by atoms with Crippen LogP contribution in [0, 0.1) is 0 Å². The predicted octanol–water partition coefficient (Wildman–Crippen LogP) is 2.36. The molecule has 1 unspecified atom stereocenters. The smallest absolute Gasteiger partial charge is 0.254 e. The molecule has 4 aromatic rings. The lowest BCUT2D eigenvalue weighted by molar-refractivity contribution is 0.0492. The largest absolute Gasteiger partial charge is 0.399 e. The summed E-state index contributed by atoms with van der Waals surface area (Å²) < 4.78 is 3.02. The fourth-order valence-corrected chi connectivity index (χ4v) is 5.67. The number of pyridine rings is 2. The van der Waals surface area contributed by atoms with Crippen LogP contribution < -0.4 is 16.9 Å². The van der Waals surface area contributed by atoms with E-state index in [-0.39, 0.29) is 17.0 Å². The minimum atomic E-state index is -0.584. The van der Waals surface area contributed by atoms with Crippen molar-refractivity contribution in [1.29, 1.82) is 0 Å². The number of carbonyl (C=O) groups is 1. The van der Waals surface area contributed by atoms with E-state index < -0.39 is 6.10 Å². The van der Waals surface area contributed by atoms with Crippen LogP contribution in [-0.4, -0.2) is 62.2 Å². The van der Waals surface area contributed by atoms with Crippen LogP contribution in [0.5, 0.6) is 0 Å². The molecule has 2 aromatic heterocycles. The van der Waals surface area contributed by atoms with Crippen molar-refractivity contribution in [3.05, 3.63) is 133 Å². The standard InChI is InChI=1S/C28H31N3O3.C6H8N2O/c1-29-11-8-21(16-27(29)33)14-20-6-7-23-10-13-31(28(34)26(23)15-20)19-25(32)18-30-12-9-22-4-2-3-5-24(22)17-30;1-8-3-2-5(7)4-6(8)9/h2-8,11,15-16,25,32H,9-10,12-14,17-19H2,1H3;2-4H,7H2,1H3. The van der Waals surface area contributed by atoms with Crippen LogP contribution >= 0.6 is 0 Å². The van der Waals surface area contributed by atoms with E-state index in [0.717, 1.165) is 42.6 Å². The van der Waals surface area contributed by atoms with E-state index in [9.17, 15) is 19.5 Å². The first-order chi connectivity index (χ1) is 20.7. The fraction of sp³-hybridized carbons (Fsp3) is 0.324. The molecule has 0 saturated heterocycles. The van der Waals surface area contributed by atoms with Gasteiger partial charge in [0.25, 0.3) is 17.0 Å². The molecular formula is C34H39N5O4. The summed E-state index contributed by atoms with van der Waals surface area (Å²) in [6.07, 6.45) is 5.21. The normalized spacial score (nSPS) is 15.2. The molecule has 1 amide bonds. The molecule has 1 atom stereocenters. The number of aromatic nitrogens is 2.